The van der Waals surface area contributed by atoms with Crippen LogP contribution in [0, 0.1) is 6.92 Å². The standard InChI is InChI=1S/C12H14O5/c1-3-15-12(14)8-16-11(13)7-6-10-5-4-9(2)17-10/h4-7H,3,8H2,1-2H3/b7-6+. The van der Waals surface area contributed by atoms with Crippen molar-refractivity contribution in [2.24, 2.45) is 0 Å². The second-order valence-electron chi connectivity index (χ2n) is 3.19. The minimum atomic E-state index is -0.618. The molecule has 0 saturated carbocycles. The molecular formula is C12H14O5. The monoisotopic (exact) mass is 238 g/mol. The Morgan fingerprint density at radius 2 is 2.12 bits per heavy atom. The molecule has 5 nitrogen and oxygen atoms in total. The van der Waals surface area contributed by atoms with Gasteiger partial charge < -0.3 is 13.9 Å². The van der Waals surface area contributed by atoms with Gasteiger partial charge in [-0.05, 0) is 32.1 Å². The fourth-order valence-electron chi connectivity index (χ4n) is 1.07. The van der Waals surface area contributed by atoms with Crippen LogP contribution in [0.1, 0.15) is 18.4 Å². The Hall–Kier alpha value is -2.04. The minimum absolute atomic E-state index is 0.262. The van der Waals surface area contributed by atoms with Crippen LogP contribution in [0.4, 0.5) is 0 Å². The molecule has 0 aliphatic heterocycles. The van der Waals surface area contributed by atoms with E-state index in [0.717, 1.165) is 5.76 Å². The number of hydrogen-bond acceptors (Lipinski definition) is 5. The minimum Gasteiger partial charge on any atom is -0.463 e. The lowest BCUT2D eigenvalue weighted by Gasteiger charge is -2.01. The van der Waals surface area contributed by atoms with Gasteiger partial charge in [0.25, 0.3) is 0 Å². The quantitative estimate of drug-likeness (QED) is 0.577. The van der Waals surface area contributed by atoms with Gasteiger partial charge in [0.15, 0.2) is 6.61 Å². The maximum Gasteiger partial charge on any atom is 0.344 e. The zero-order valence-electron chi connectivity index (χ0n) is 9.76. The van der Waals surface area contributed by atoms with Crippen molar-refractivity contribution in [1.29, 1.82) is 0 Å². The number of esters is 2. The van der Waals surface area contributed by atoms with Crippen LogP contribution in [-0.2, 0) is 19.1 Å². The van der Waals surface area contributed by atoms with Gasteiger partial charge in [0.05, 0.1) is 6.61 Å². The van der Waals surface area contributed by atoms with Crippen molar-refractivity contribution in [2.75, 3.05) is 13.2 Å². The van der Waals surface area contributed by atoms with Crippen molar-refractivity contribution < 1.29 is 23.5 Å². The van der Waals surface area contributed by atoms with Gasteiger partial charge in [-0.3, -0.25) is 0 Å². The van der Waals surface area contributed by atoms with Crippen LogP contribution >= 0.6 is 0 Å². The third-order valence-corrected chi connectivity index (χ3v) is 1.78. The first-order valence-electron chi connectivity index (χ1n) is 5.18. The summed E-state index contributed by atoms with van der Waals surface area (Å²) < 4.78 is 14.5. The molecule has 0 spiro atoms. The lowest BCUT2D eigenvalue weighted by atomic mass is 10.4. The van der Waals surface area contributed by atoms with E-state index in [0.29, 0.717) is 5.76 Å². The summed E-state index contributed by atoms with van der Waals surface area (Å²) in [4.78, 5) is 22.1. The third-order valence-electron chi connectivity index (χ3n) is 1.78. The molecule has 1 rings (SSSR count). The van der Waals surface area contributed by atoms with Gasteiger partial charge in [-0.2, -0.15) is 0 Å². The lowest BCUT2D eigenvalue weighted by molar-refractivity contribution is -0.155. The molecule has 1 heterocycles. The normalized spacial score (nSPS) is 10.5. The average Bonchev–Trinajstić information content (AvgIpc) is 2.70. The van der Waals surface area contributed by atoms with E-state index in [1.807, 2.05) is 0 Å². The van der Waals surface area contributed by atoms with Gasteiger partial charge in [-0.25, -0.2) is 9.59 Å². The third kappa shape index (κ3) is 5.01. The molecule has 0 aliphatic carbocycles. The highest BCUT2D eigenvalue weighted by Gasteiger charge is 2.05. The van der Waals surface area contributed by atoms with Gasteiger partial charge >= 0.3 is 11.9 Å². The van der Waals surface area contributed by atoms with E-state index in [9.17, 15) is 9.59 Å². The summed E-state index contributed by atoms with van der Waals surface area (Å²) in [6.07, 6.45) is 2.66. The van der Waals surface area contributed by atoms with Crippen LogP contribution in [0.25, 0.3) is 6.08 Å². The van der Waals surface area contributed by atoms with Crippen LogP contribution < -0.4 is 0 Å². The number of aryl methyl sites for hydroxylation is 1. The molecular weight excluding hydrogens is 224 g/mol. The molecule has 0 aromatic carbocycles. The molecule has 0 atom stereocenters. The van der Waals surface area contributed by atoms with E-state index in [2.05, 4.69) is 9.47 Å². The molecule has 0 N–H and O–H groups in total. The first-order chi connectivity index (χ1) is 8.11. The molecule has 0 unspecified atom stereocenters. The van der Waals surface area contributed by atoms with E-state index in [4.69, 9.17) is 4.42 Å². The molecule has 1 aromatic rings. The number of hydrogen-bond donors (Lipinski definition) is 0. The predicted molar refractivity (Wildman–Crippen MR) is 60.1 cm³/mol. The maximum absolute atomic E-state index is 11.2. The molecule has 5 heteroatoms. The van der Waals surface area contributed by atoms with Gasteiger partial charge in [-0.15, -0.1) is 0 Å². The topological polar surface area (TPSA) is 65.7 Å². The highest BCUT2D eigenvalue weighted by molar-refractivity contribution is 5.88. The van der Waals surface area contributed by atoms with Gasteiger partial charge in [-0.1, -0.05) is 0 Å². The Bertz CT molecular complexity index is 416. The molecule has 0 fully saturated rings. The number of carbonyl (C=O) groups excluding carboxylic acids is 2. The highest BCUT2D eigenvalue weighted by Crippen LogP contribution is 2.07. The van der Waals surface area contributed by atoms with Crippen molar-refractivity contribution in [3.05, 3.63) is 29.7 Å². The molecule has 1 aromatic heterocycles. The SMILES string of the molecule is CCOC(=O)COC(=O)/C=C/c1ccc(C)o1. The number of furan rings is 1. The second-order valence-corrected chi connectivity index (χ2v) is 3.19. The number of ether oxygens (including phenoxy) is 2. The van der Waals surface area contributed by atoms with Gasteiger partial charge in [0.2, 0.25) is 0 Å². The molecule has 0 aliphatic rings. The molecule has 92 valence electrons. The molecule has 0 amide bonds. The largest absolute Gasteiger partial charge is 0.463 e. The van der Waals surface area contributed by atoms with Crippen molar-refractivity contribution in [3.63, 3.8) is 0 Å². The smallest absolute Gasteiger partial charge is 0.344 e. The first-order valence-corrected chi connectivity index (χ1v) is 5.18. The number of carbonyl (C=O) groups is 2. The van der Waals surface area contributed by atoms with Crippen LogP contribution in [0.5, 0.6) is 0 Å². The second kappa shape index (κ2) is 6.52. The summed E-state index contributed by atoms with van der Waals surface area (Å²) in [5.41, 5.74) is 0. The van der Waals surface area contributed by atoms with Crippen LogP contribution in [0.15, 0.2) is 22.6 Å². The summed E-state index contributed by atoms with van der Waals surface area (Å²) in [5, 5.41) is 0. The Balaban J connectivity index is 2.34. The fraction of sp³-hybridized carbons (Fsp3) is 0.333. The van der Waals surface area contributed by atoms with E-state index in [1.54, 1.807) is 26.0 Å². The summed E-state index contributed by atoms with van der Waals surface area (Å²) >= 11 is 0. The maximum atomic E-state index is 11.2. The zero-order valence-corrected chi connectivity index (χ0v) is 9.76. The van der Waals surface area contributed by atoms with E-state index < -0.39 is 11.9 Å². The molecule has 0 saturated heterocycles. The molecule has 0 bridgehead atoms. The molecule has 0 radical (unpaired) electrons. The predicted octanol–water partition coefficient (Wildman–Crippen LogP) is 1.71. The lowest BCUT2D eigenvalue weighted by Crippen LogP contribution is -2.14. The number of rotatable bonds is 5. The van der Waals surface area contributed by atoms with Gasteiger partial charge in [0.1, 0.15) is 11.5 Å². The Kier molecular flexibility index (Phi) is 5.00. The zero-order chi connectivity index (χ0) is 12.7. The van der Waals surface area contributed by atoms with Crippen molar-refractivity contribution in [3.8, 4) is 0 Å². The van der Waals surface area contributed by atoms with Crippen molar-refractivity contribution in [1.82, 2.24) is 0 Å². The van der Waals surface area contributed by atoms with Crippen molar-refractivity contribution >= 4 is 18.0 Å². The fourth-order valence-corrected chi connectivity index (χ4v) is 1.07. The van der Waals surface area contributed by atoms with Crippen LogP contribution in [0.3, 0.4) is 0 Å². The van der Waals surface area contributed by atoms with Crippen LogP contribution in [0.2, 0.25) is 0 Å². The van der Waals surface area contributed by atoms with Crippen LogP contribution in [-0.4, -0.2) is 25.2 Å². The van der Waals surface area contributed by atoms with E-state index >= 15 is 0 Å². The van der Waals surface area contributed by atoms with Crippen molar-refractivity contribution in [2.45, 2.75) is 13.8 Å². The summed E-state index contributed by atoms with van der Waals surface area (Å²) in [7, 11) is 0. The van der Waals surface area contributed by atoms with Gasteiger partial charge in [0, 0.05) is 6.08 Å². The van der Waals surface area contributed by atoms with E-state index in [-0.39, 0.29) is 13.2 Å². The summed E-state index contributed by atoms with van der Waals surface area (Å²) in [6, 6.07) is 3.51. The molecule has 17 heavy (non-hydrogen) atoms. The van der Waals surface area contributed by atoms with E-state index in [1.165, 1.54) is 12.2 Å². The Morgan fingerprint density at radius 1 is 1.35 bits per heavy atom. The Labute approximate surface area is 99.0 Å². The Morgan fingerprint density at radius 3 is 2.71 bits per heavy atom. The summed E-state index contributed by atoms with van der Waals surface area (Å²) in [5.74, 6) is 0.121. The average molecular weight is 238 g/mol. The first kappa shape index (κ1) is 13.0. The highest BCUT2D eigenvalue weighted by atomic mass is 16.6. The summed E-state index contributed by atoms with van der Waals surface area (Å²) in [6.45, 7) is 3.36.